The summed E-state index contributed by atoms with van der Waals surface area (Å²) in [6.45, 7) is 5.07. The van der Waals surface area contributed by atoms with E-state index in [-0.39, 0.29) is 19.0 Å². The second kappa shape index (κ2) is 8.01. The molecular formula is C17H23ClN8O. The van der Waals surface area contributed by atoms with E-state index >= 15 is 0 Å². The number of amides is 1. The fourth-order valence-electron chi connectivity index (χ4n) is 2.72. The first-order chi connectivity index (χ1) is 12.9. The number of benzene rings is 1. The summed E-state index contributed by atoms with van der Waals surface area (Å²) in [6.07, 6.45) is 0. The van der Waals surface area contributed by atoms with Crippen molar-refractivity contribution in [3.8, 4) is 0 Å². The molecule has 0 aliphatic rings. The van der Waals surface area contributed by atoms with Gasteiger partial charge in [0.1, 0.15) is 6.54 Å². The number of tetrazole rings is 1. The van der Waals surface area contributed by atoms with Crippen molar-refractivity contribution in [3.05, 3.63) is 34.7 Å². The van der Waals surface area contributed by atoms with Gasteiger partial charge >= 0.3 is 0 Å². The molecule has 2 heterocycles. The van der Waals surface area contributed by atoms with Gasteiger partial charge in [0.05, 0.1) is 29.3 Å². The predicted octanol–water partition coefficient (Wildman–Crippen LogP) is 1.37. The number of carbonyl (C=O) groups excluding carboxylic acids is 1. The number of nitrogens with one attached hydrogen (secondary N) is 1. The van der Waals surface area contributed by atoms with Gasteiger partial charge in [-0.3, -0.25) is 14.4 Å². The summed E-state index contributed by atoms with van der Waals surface area (Å²) >= 11 is 6.30. The maximum atomic E-state index is 12.4. The quantitative estimate of drug-likeness (QED) is 0.654. The van der Waals surface area contributed by atoms with E-state index in [1.54, 1.807) is 4.68 Å². The van der Waals surface area contributed by atoms with Gasteiger partial charge in [0.2, 0.25) is 5.91 Å². The lowest BCUT2D eigenvalue weighted by atomic mass is 10.2. The van der Waals surface area contributed by atoms with E-state index < -0.39 is 0 Å². The molecule has 0 atom stereocenters. The number of aryl methyl sites for hydroxylation is 1. The van der Waals surface area contributed by atoms with Crippen molar-refractivity contribution >= 4 is 28.4 Å². The van der Waals surface area contributed by atoms with Crippen molar-refractivity contribution in [2.45, 2.75) is 39.5 Å². The molecule has 27 heavy (non-hydrogen) atoms. The monoisotopic (exact) mass is 390 g/mol. The highest BCUT2D eigenvalue weighted by Crippen LogP contribution is 2.26. The van der Waals surface area contributed by atoms with Crippen LogP contribution >= 0.6 is 11.6 Å². The molecule has 0 fully saturated rings. The zero-order chi connectivity index (χ0) is 19.6. The molecule has 144 valence electrons. The lowest BCUT2D eigenvalue weighted by Crippen LogP contribution is -2.31. The largest absolute Gasteiger partial charge is 0.349 e. The van der Waals surface area contributed by atoms with Crippen LogP contribution in [0.1, 0.15) is 25.4 Å². The molecule has 3 aromatic rings. The predicted molar refractivity (Wildman–Crippen MR) is 102 cm³/mol. The SMILES string of the molecule is CC(C)N(C)Cc1nnnn1CC(=O)NCc1nn(C)c2cccc(Cl)c12. The van der Waals surface area contributed by atoms with Gasteiger partial charge in [0.25, 0.3) is 0 Å². The van der Waals surface area contributed by atoms with Crippen molar-refractivity contribution in [1.29, 1.82) is 0 Å². The molecule has 1 amide bonds. The van der Waals surface area contributed by atoms with E-state index in [2.05, 4.69) is 44.7 Å². The zero-order valence-corrected chi connectivity index (χ0v) is 16.6. The standard InChI is InChI=1S/C17H23ClN8O/c1-11(2)24(3)9-15-20-22-23-26(15)10-16(27)19-8-13-17-12(18)6-5-7-14(17)25(4)21-13/h5-7,11H,8-10H2,1-4H3,(H,19,27). The number of nitrogens with zero attached hydrogens (tertiary/aromatic N) is 7. The van der Waals surface area contributed by atoms with Crippen LogP contribution < -0.4 is 5.32 Å². The van der Waals surface area contributed by atoms with Gasteiger partial charge in [0, 0.05) is 18.5 Å². The number of rotatable bonds is 7. The maximum absolute atomic E-state index is 12.4. The molecule has 9 nitrogen and oxygen atoms in total. The summed E-state index contributed by atoms with van der Waals surface area (Å²) in [5.74, 6) is 0.453. The smallest absolute Gasteiger partial charge is 0.242 e. The number of carbonyl (C=O) groups is 1. The molecule has 0 spiro atoms. The number of halogens is 1. The molecular weight excluding hydrogens is 368 g/mol. The van der Waals surface area contributed by atoms with Crippen molar-refractivity contribution in [2.75, 3.05) is 7.05 Å². The molecule has 0 aliphatic heterocycles. The minimum absolute atomic E-state index is 0.0484. The number of fused-ring (bicyclic) bond motifs is 1. The molecule has 1 N–H and O–H groups in total. The van der Waals surface area contributed by atoms with Gasteiger partial charge in [0.15, 0.2) is 5.82 Å². The van der Waals surface area contributed by atoms with E-state index in [4.69, 9.17) is 11.6 Å². The van der Waals surface area contributed by atoms with E-state index in [0.29, 0.717) is 23.4 Å². The highest BCUT2D eigenvalue weighted by molar-refractivity contribution is 6.35. The molecule has 0 radical (unpaired) electrons. The lowest BCUT2D eigenvalue weighted by molar-refractivity contribution is -0.122. The van der Waals surface area contributed by atoms with Crippen LogP contribution in [0, 0.1) is 0 Å². The summed E-state index contributed by atoms with van der Waals surface area (Å²) in [4.78, 5) is 14.5. The second-order valence-electron chi connectivity index (χ2n) is 6.74. The molecule has 0 bridgehead atoms. The van der Waals surface area contributed by atoms with Gasteiger partial charge in [-0.15, -0.1) is 5.10 Å². The van der Waals surface area contributed by atoms with Crippen LogP contribution in [0.4, 0.5) is 0 Å². The third kappa shape index (κ3) is 4.25. The Morgan fingerprint density at radius 2 is 2.15 bits per heavy atom. The van der Waals surface area contributed by atoms with Crippen LogP contribution in [-0.2, 0) is 31.5 Å². The van der Waals surface area contributed by atoms with E-state index in [0.717, 1.165) is 16.6 Å². The molecule has 1 aromatic carbocycles. The number of aromatic nitrogens is 6. The van der Waals surface area contributed by atoms with Crippen LogP contribution in [-0.4, -0.2) is 53.9 Å². The Labute approximate surface area is 162 Å². The van der Waals surface area contributed by atoms with Gasteiger partial charge < -0.3 is 5.32 Å². The molecule has 2 aromatic heterocycles. The molecule has 3 rings (SSSR count). The van der Waals surface area contributed by atoms with Crippen LogP contribution in [0.5, 0.6) is 0 Å². The normalized spacial score (nSPS) is 11.7. The molecule has 0 saturated heterocycles. The maximum Gasteiger partial charge on any atom is 0.242 e. The fourth-order valence-corrected chi connectivity index (χ4v) is 2.99. The first-order valence-electron chi connectivity index (χ1n) is 8.69. The highest BCUT2D eigenvalue weighted by Gasteiger charge is 2.16. The Morgan fingerprint density at radius 3 is 2.89 bits per heavy atom. The minimum atomic E-state index is -0.193. The first kappa shape index (κ1) is 19.2. The Balaban J connectivity index is 1.66. The summed E-state index contributed by atoms with van der Waals surface area (Å²) in [5.41, 5.74) is 1.65. The molecule has 0 saturated carbocycles. The van der Waals surface area contributed by atoms with Crippen LogP contribution in [0.2, 0.25) is 5.02 Å². The lowest BCUT2D eigenvalue weighted by Gasteiger charge is -2.19. The Morgan fingerprint density at radius 1 is 1.37 bits per heavy atom. The summed E-state index contributed by atoms with van der Waals surface area (Å²) in [6, 6.07) is 5.99. The van der Waals surface area contributed by atoms with E-state index in [1.807, 2.05) is 32.3 Å². The zero-order valence-electron chi connectivity index (χ0n) is 15.8. The van der Waals surface area contributed by atoms with Gasteiger partial charge in [-0.1, -0.05) is 17.7 Å². The average molecular weight is 391 g/mol. The fraction of sp³-hybridized carbons (Fsp3) is 0.471. The third-order valence-corrected chi connectivity index (χ3v) is 4.84. The first-order valence-corrected chi connectivity index (χ1v) is 9.06. The average Bonchev–Trinajstić information content (AvgIpc) is 3.18. The van der Waals surface area contributed by atoms with Crippen molar-refractivity contribution in [3.63, 3.8) is 0 Å². The topological polar surface area (TPSA) is 93.8 Å². The van der Waals surface area contributed by atoms with Crippen molar-refractivity contribution < 1.29 is 4.79 Å². The minimum Gasteiger partial charge on any atom is -0.349 e. The Kier molecular flexibility index (Phi) is 5.71. The van der Waals surface area contributed by atoms with E-state index in [1.165, 1.54) is 4.68 Å². The number of hydrogen-bond donors (Lipinski definition) is 1. The molecule has 10 heteroatoms. The van der Waals surface area contributed by atoms with Gasteiger partial charge in [-0.05, 0) is 43.5 Å². The number of hydrogen-bond acceptors (Lipinski definition) is 6. The van der Waals surface area contributed by atoms with Crippen LogP contribution in [0.25, 0.3) is 10.9 Å². The van der Waals surface area contributed by atoms with Crippen LogP contribution in [0.3, 0.4) is 0 Å². The van der Waals surface area contributed by atoms with Crippen molar-refractivity contribution in [2.24, 2.45) is 7.05 Å². The van der Waals surface area contributed by atoms with Gasteiger partial charge in [-0.25, -0.2) is 4.68 Å². The Hall–Kier alpha value is -2.52. The van der Waals surface area contributed by atoms with Gasteiger partial charge in [-0.2, -0.15) is 5.10 Å². The summed E-state index contributed by atoms with van der Waals surface area (Å²) < 4.78 is 3.27. The summed E-state index contributed by atoms with van der Waals surface area (Å²) in [5, 5.41) is 20.4. The van der Waals surface area contributed by atoms with Crippen molar-refractivity contribution in [1.82, 2.24) is 40.2 Å². The molecule has 0 unspecified atom stereocenters. The summed E-state index contributed by atoms with van der Waals surface area (Å²) in [7, 11) is 3.84. The second-order valence-corrected chi connectivity index (χ2v) is 7.15. The molecule has 0 aliphatic carbocycles. The van der Waals surface area contributed by atoms with E-state index in [9.17, 15) is 4.79 Å². The third-order valence-electron chi connectivity index (χ3n) is 4.52. The highest BCUT2D eigenvalue weighted by atomic mass is 35.5. The van der Waals surface area contributed by atoms with Crippen LogP contribution in [0.15, 0.2) is 18.2 Å². The Bertz CT molecular complexity index is 948.